The summed E-state index contributed by atoms with van der Waals surface area (Å²) in [5.41, 5.74) is 0. The van der Waals surface area contributed by atoms with Gasteiger partial charge in [0, 0.05) is 37.7 Å². The summed E-state index contributed by atoms with van der Waals surface area (Å²) in [6.07, 6.45) is -1.41. The molecule has 0 aromatic heterocycles. The molecule has 80 valence electrons. The van der Waals surface area contributed by atoms with Crippen LogP contribution >= 0.6 is 69.6 Å². The van der Waals surface area contributed by atoms with Gasteiger partial charge in [0.1, 0.15) is 0 Å². The summed E-state index contributed by atoms with van der Waals surface area (Å²) < 4.78 is 3.50. The van der Waals surface area contributed by atoms with Crippen LogP contribution in [0.3, 0.4) is 0 Å². The second-order valence-corrected chi connectivity index (χ2v) is 5.70. The van der Waals surface area contributed by atoms with Gasteiger partial charge in [-0.1, -0.05) is 0 Å². The summed E-state index contributed by atoms with van der Waals surface area (Å²) in [7, 11) is 0. The summed E-state index contributed by atoms with van der Waals surface area (Å²) in [5, 5.41) is 0. The maximum Gasteiger partial charge on any atom is 0.515 e. The first-order chi connectivity index (χ1) is 5.10. The molecule has 0 aromatic rings. The Morgan fingerprint density at radius 2 is 1.08 bits per heavy atom. The molecule has 0 N–H and O–H groups in total. The summed E-state index contributed by atoms with van der Waals surface area (Å²) in [4.78, 5) is 10.5. The Kier molecular flexibility index (Phi) is 9.19. The third kappa shape index (κ3) is 14.3. The van der Waals surface area contributed by atoms with Crippen molar-refractivity contribution in [2.24, 2.45) is 0 Å². The molecule has 0 fully saturated rings. The summed E-state index contributed by atoms with van der Waals surface area (Å²) in [5.74, 6) is 0. The van der Waals surface area contributed by atoms with Crippen LogP contribution in [0.25, 0.3) is 0 Å². The molecule has 0 bridgehead atoms. The quantitative estimate of drug-likeness (QED) is 0.498. The molecule has 0 aliphatic rings. The molecule has 0 unspecified atom stereocenters. The van der Waals surface area contributed by atoms with Gasteiger partial charge in [0.25, 0.3) is 0 Å². The molecule has 10 heteroatoms. The van der Waals surface area contributed by atoms with Crippen LogP contribution in [-0.4, -0.2) is 14.1 Å². The van der Waals surface area contributed by atoms with Crippen LogP contribution in [0.5, 0.6) is 0 Å². The maximum absolute atomic E-state index is 10.5. The molecule has 0 aromatic carbocycles. The van der Waals surface area contributed by atoms with Crippen molar-refractivity contribution in [3.05, 3.63) is 0 Å². The zero-order valence-electron chi connectivity index (χ0n) is 5.35. The van der Waals surface area contributed by atoms with Gasteiger partial charge < -0.3 is 9.47 Å². The Bertz CT molecular complexity index is 155. The van der Waals surface area contributed by atoms with E-state index in [4.69, 9.17) is 69.6 Å². The van der Waals surface area contributed by atoms with Crippen molar-refractivity contribution in [2.45, 2.75) is 7.96 Å². The Balaban J connectivity index is 0. The van der Waals surface area contributed by atoms with E-state index in [1.165, 1.54) is 0 Å². The fourth-order valence-corrected chi connectivity index (χ4v) is 0.588. The number of hydrogen-bond donors (Lipinski definition) is 0. The minimum absolute atomic E-state index is 0. The van der Waals surface area contributed by atoms with Gasteiger partial charge in [-0.25, -0.2) is 4.79 Å². The number of hydrogen-bond acceptors (Lipinski definition) is 3. The molecule has 0 aliphatic heterocycles. The second-order valence-electron chi connectivity index (χ2n) is 1.35. The molecule has 0 radical (unpaired) electrons. The zero-order valence-corrected chi connectivity index (χ0v) is 10.6. The van der Waals surface area contributed by atoms with E-state index in [1.54, 1.807) is 0 Å². The van der Waals surface area contributed by atoms with Crippen molar-refractivity contribution in [2.75, 3.05) is 0 Å². The summed E-state index contributed by atoms with van der Waals surface area (Å²) >= 11 is 30.2. The van der Waals surface area contributed by atoms with Gasteiger partial charge in [0.05, 0.1) is 0 Å². The number of carbonyl (C=O) groups is 1. The third-order valence-corrected chi connectivity index (χ3v) is 0.861. The van der Waals surface area contributed by atoms with Crippen LogP contribution in [0.4, 0.5) is 4.79 Å². The molecule has 0 amide bonds. The van der Waals surface area contributed by atoms with Gasteiger partial charge >= 0.3 is 14.1 Å². The number of alkyl halides is 6. The average molecular weight is 337 g/mol. The van der Waals surface area contributed by atoms with E-state index >= 15 is 0 Å². The van der Waals surface area contributed by atoms with E-state index in [-0.39, 0.29) is 37.7 Å². The molecule has 0 saturated heterocycles. The van der Waals surface area contributed by atoms with Crippen molar-refractivity contribution >= 4 is 75.8 Å². The molecule has 0 rings (SSSR count). The van der Waals surface area contributed by atoms with E-state index in [0.29, 0.717) is 0 Å². The first-order valence-electron chi connectivity index (χ1n) is 2.15. The maximum atomic E-state index is 10.5. The van der Waals surface area contributed by atoms with Gasteiger partial charge in [-0.15, -0.1) is 0 Å². The number of rotatable bonds is 0. The Morgan fingerprint density at radius 3 is 1.23 bits per heavy atom. The monoisotopic (exact) mass is 334 g/mol. The minimum Gasteiger partial charge on any atom is -0.382 e. The van der Waals surface area contributed by atoms with Gasteiger partial charge in [-0.2, -0.15) is 0 Å². The predicted molar refractivity (Wildman–Crippen MR) is 48.1 cm³/mol. The van der Waals surface area contributed by atoms with Crippen LogP contribution in [0.2, 0.25) is 0 Å². The topological polar surface area (TPSA) is 35.5 Å². The van der Waals surface area contributed by atoms with Crippen LogP contribution in [-0.2, 0) is 9.47 Å². The normalized spacial score (nSPS) is 11.5. The number of carbonyl (C=O) groups excluding carboxylic acids is 1. The minimum atomic E-state index is -2.24. The van der Waals surface area contributed by atoms with Gasteiger partial charge in [0.2, 0.25) is 0 Å². The third-order valence-electron chi connectivity index (χ3n) is 0.398. The van der Waals surface area contributed by atoms with Gasteiger partial charge in [-0.05, 0) is 69.6 Å². The van der Waals surface area contributed by atoms with E-state index in [1.807, 2.05) is 0 Å². The van der Waals surface area contributed by atoms with Crippen molar-refractivity contribution in [1.29, 1.82) is 0 Å². The molecule has 0 atom stereocenters. The van der Waals surface area contributed by atoms with E-state index in [2.05, 4.69) is 9.47 Å². The van der Waals surface area contributed by atoms with Crippen molar-refractivity contribution < 1.29 is 52.0 Å². The molecular formula is C3ArCl6O3. The summed E-state index contributed by atoms with van der Waals surface area (Å²) in [6, 6.07) is 0. The SMILES string of the molecule is O=C(OC(Cl)(Cl)Cl)OC(Cl)(Cl)Cl.[Ar]. The van der Waals surface area contributed by atoms with Crippen molar-refractivity contribution in [3.63, 3.8) is 0 Å². The Hall–Kier alpha value is 2.27. The molecule has 13 heavy (non-hydrogen) atoms. The van der Waals surface area contributed by atoms with Crippen LogP contribution < -0.4 is 0 Å². The van der Waals surface area contributed by atoms with Gasteiger partial charge in [-0.3, -0.25) is 0 Å². The van der Waals surface area contributed by atoms with E-state index in [0.717, 1.165) is 0 Å². The first-order valence-corrected chi connectivity index (χ1v) is 4.42. The fraction of sp³-hybridized carbons (Fsp3) is 0.667. The zero-order chi connectivity index (χ0) is 9.99. The van der Waals surface area contributed by atoms with E-state index < -0.39 is 14.1 Å². The van der Waals surface area contributed by atoms with Gasteiger partial charge in [0.15, 0.2) is 0 Å². The van der Waals surface area contributed by atoms with Crippen LogP contribution in [0.1, 0.15) is 0 Å². The Morgan fingerprint density at radius 1 is 0.846 bits per heavy atom. The second kappa shape index (κ2) is 6.77. The smallest absolute Gasteiger partial charge is 0.382 e. The van der Waals surface area contributed by atoms with E-state index in [9.17, 15) is 4.79 Å². The first kappa shape index (κ1) is 17.7. The van der Waals surface area contributed by atoms with Crippen LogP contribution in [0, 0.1) is 37.7 Å². The molecule has 0 aliphatic carbocycles. The number of halogens is 6. The summed E-state index contributed by atoms with van der Waals surface area (Å²) in [6.45, 7) is 0. The van der Waals surface area contributed by atoms with Crippen molar-refractivity contribution in [1.82, 2.24) is 0 Å². The predicted octanol–water partition coefficient (Wildman–Crippen LogP) is 3.79. The standard InChI is InChI=1S/C3Cl6O3.Ar/c4-2(5,6)11-1(10)12-3(7,8)9;. The largest absolute Gasteiger partial charge is 0.515 e. The van der Waals surface area contributed by atoms with Crippen molar-refractivity contribution in [3.8, 4) is 0 Å². The molecule has 0 heterocycles. The fourth-order valence-electron chi connectivity index (χ4n) is 0.210. The average Bonchev–Trinajstić information content (AvgIpc) is 1.49. The van der Waals surface area contributed by atoms with Crippen LogP contribution in [0.15, 0.2) is 0 Å². The Labute approximate surface area is 134 Å². The molecule has 0 spiro atoms. The molecular weight excluding hydrogens is 337 g/mol. The molecule has 3 nitrogen and oxygen atoms in total. The molecule has 0 saturated carbocycles. The number of ether oxygens (including phenoxy) is 2.